The minimum Gasteiger partial charge on any atom is -0.493 e. The zero-order chi connectivity index (χ0) is 21.0. The maximum Gasteiger partial charge on any atom is 0.336 e. The monoisotopic (exact) mass is 398 g/mol. The Balaban J connectivity index is 1.97. The molecule has 0 atom stereocenters. The fourth-order valence-corrected chi connectivity index (χ4v) is 2.78. The van der Waals surface area contributed by atoms with Crippen molar-refractivity contribution in [3.05, 3.63) is 59.4 Å². The van der Waals surface area contributed by atoms with Gasteiger partial charge < -0.3 is 9.47 Å². The van der Waals surface area contributed by atoms with Crippen LogP contribution in [0.15, 0.2) is 48.0 Å². The lowest BCUT2D eigenvalue weighted by Gasteiger charge is -2.26. The quantitative estimate of drug-likeness (QED) is 0.596. The first-order valence-electron chi connectivity index (χ1n) is 8.93. The Morgan fingerprint density at radius 1 is 1.10 bits per heavy atom. The first-order chi connectivity index (χ1) is 14.0. The van der Waals surface area contributed by atoms with E-state index in [1.807, 2.05) is 6.92 Å². The third-order valence-corrected chi connectivity index (χ3v) is 4.16. The minimum atomic E-state index is -1.01. The number of methoxy groups -OCH3 is 1. The Morgan fingerprint density at radius 2 is 1.86 bits per heavy atom. The number of nitrogens with one attached hydrogen (secondary N) is 1. The predicted octanol–water partition coefficient (Wildman–Crippen LogP) is 3.29. The van der Waals surface area contributed by atoms with E-state index < -0.39 is 23.7 Å². The summed E-state index contributed by atoms with van der Waals surface area (Å²) in [5.74, 6) is -1.59. The van der Waals surface area contributed by atoms with Gasteiger partial charge in [-0.05, 0) is 42.3 Å². The van der Waals surface area contributed by atoms with Gasteiger partial charge in [-0.15, -0.1) is 0 Å². The highest BCUT2D eigenvalue weighted by molar-refractivity contribution is 6.39. The van der Waals surface area contributed by atoms with Gasteiger partial charge in [0.05, 0.1) is 19.4 Å². The van der Waals surface area contributed by atoms with Crippen molar-refractivity contribution in [2.75, 3.05) is 18.6 Å². The smallest absolute Gasteiger partial charge is 0.336 e. The molecule has 1 heterocycles. The van der Waals surface area contributed by atoms with Crippen molar-refractivity contribution in [3.8, 4) is 11.5 Å². The van der Waals surface area contributed by atoms with E-state index in [1.54, 1.807) is 18.2 Å². The molecule has 1 aliphatic heterocycles. The maximum absolute atomic E-state index is 14.1. The van der Waals surface area contributed by atoms with Crippen molar-refractivity contribution in [2.24, 2.45) is 0 Å². The summed E-state index contributed by atoms with van der Waals surface area (Å²) in [5.41, 5.74) is -0.0709. The predicted molar refractivity (Wildman–Crippen MR) is 104 cm³/mol. The van der Waals surface area contributed by atoms with Crippen LogP contribution in [0.3, 0.4) is 0 Å². The number of benzene rings is 2. The fraction of sp³-hybridized carbons (Fsp3) is 0.190. The minimum absolute atomic E-state index is 0.241. The largest absolute Gasteiger partial charge is 0.493 e. The molecule has 2 aromatic rings. The average molecular weight is 398 g/mol. The van der Waals surface area contributed by atoms with E-state index in [-0.39, 0.29) is 11.3 Å². The molecule has 0 bridgehead atoms. The van der Waals surface area contributed by atoms with Crippen LogP contribution in [0.25, 0.3) is 6.08 Å². The number of barbiturate groups is 1. The molecular formula is C21H19FN2O5. The topological polar surface area (TPSA) is 84.9 Å². The van der Waals surface area contributed by atoms with Gasteiger partial charge in [-0.1, -0.05) is 25.1 Å². The first-order valence-corrected chi connectivity index (χ1v) is 8.93. The first kappa shape index (κ1) is 20.1. The number of anilines is 1. The van der Waals surface area contributed by atoms with Crippen LogP contribution in [0.5, 0.6) is 11.5 Å². The van der Waals surface area contributed by atoms with Crippen molar-refractivity contribution in [1.82, 2.24) is 5.32 Å². The van der Waals surface area contributed by atoms with Crippen LogP contribution in [0.2, 0.25) is 0 Å². The lowest BCUT2D eigenvalue weighted by molar-refractivity contribution is -0.122. The number of amides is 4. The number of para-hydroxylation sites is 1. The Morgan fingerprint density at radius 3 is 2.55 bits per heavy atom. The summed E-state index contributed by atoms with van der Waals surface area (Å²) < 4.78 is 25.0. The van der Waals surface area contributed by atoms with Crippen molar-refractivity contribution in [3.63, 3.8) is 0 Å². The molecule has 2 aromatic carbocycles. The number of ether oxygens (including phenoxy) is 2. The van der Waals surface area contributed by atoms with Gasteiger partial charge in [0.1, 0.15) is 11.4 Å². The SMILES string of the molecule is CCCOc1ccc(/C=C2/C(=O)NC(=O)N(c3ccccc3F)C2=O)cc1OC. The van der Waals surface area contributed by atoms with Crippen molar-refractivity contribution < 1.29 is 28.2 Å². The number of nitrogens with zero attached hydrogens (tertiary/aromatic N) is 1. The molecule has 1 aliphatic rings. The summed E-state index contributed by atoms with van der Waals surface area (Å²) >= 11 is 0. The Bertz CT molecular complexity index is 1000. The van der Waals surface area contributed by atoms with Crippen LogP contribution < -0.4 is 19.7 Å². The van der Waals surface area contributed by atoms with Gasteiger partial charge in [0.15, 0.2) is 11.5 Å². The average Bonchev–Trinajstić information content (AvgIpc) is 2.71. The molecule has 4 amide bonds. The van der Waals surface area contributed by atoms with Gasteiger partial charge in [-0.2, -0.15) is 0 Å². The van der Waals surface area contributed by atoms with Crippen LogP contribution in [0, 0.1) is 5.82 Å². The lowest BCUT2D eigenvalue weighted by Crippen LogP contribution is -2.54. The van der Waals surface area contributed by atoms with Gasteiger partial charge in [-0.3, -0.25) is 14.9 Å². The van der Waals surface area contributed by atoms with Crippen molar-refractivity contribution >= 4 is 29.6 Å². The second kappa shape index (κ2) is 8.55. The van der Waals surface area contributed by atoms with Gasteiger partial charge in [0.25, 0.3) is 11.8 Å². The van der Waals surface area contributed by atoms with E-state index in [0.29, 0.717) is 28.6 Å². The molecular weight excluding hydrogens is 379 g/mol. The summed E-state index contributed by atoms with van der Waals surface area (Å²) in [5, 5.41) is 2.06. The number of carbonyl (C=O) groups excluding carboxylic acids is 3. The van der Waals surface area contributed by atoms with Gasteiger partial charge in [0.2, 0.25) is 0 Å². The van der Waals surface area contributed by atoms with Crippen LogP contribution in [0.1, 0.15) is 18.9 Å². The van der Waals surface area contributed by atoms with Gasteiger partial charge in [-0.25, -0.2) is 14.1 Å². The molecule has 1 N–H and O–H groups in total. The van der Waals surface area contributed by atoms with E-state index in [0.717, 1.165) is 12.5 Å². The Kier molecular flexibility index (Phi) is 5.92. The van der Waals surface area contributed by atoms with E-state index in [9.17, 15) is 18.8 Å². The molecule has 0 unspecified atom stereocenters. The molecule has 0 spiro atoms. The summed E-state index contributed by atoms with van der Waals surface area (Å²) in [6.45, 7) is 2.48. The number of halogens is 1. The molecule has 3 rings (SSSR count). The normalized spacial score (nSPS) is 15.5. The summed E-state index contributed by atoms with van der Waals surface area (Å²) in [4.78, 5) is 37.8. The standard InChI is InChI=1S/C21H19FN2O5/c1-3-10-29-17-9-8-13(12-18(17)28-2)11-14-19(25)23-21(27)24(20(14)26)16-7-5-4-6-15(16)22/h4-9,11-12H,3,10H2,1-2H3,(H,23,25,27)/b14-11-. The molecule has 0 saturated carbocycles. The molecule has 0 aliphatic carbocycles. The van der Waals surface area contributed by atoms with E-state index in [4.69, 9.17) is 9.47 Å². The number of carbonyl (C=O) groups is 3. The number of hydrogen-bond acceptors (Lipinski definition) is 5. The van der Waals surface area contributed by atoms with Gasteiger partial charge in [0, 0.05) is 0 Å². The highest BCUT2D eigenvalue weighted by Crippen LogP contribution is 2.30. The maximum atomic E-state index is 14.1. The van der Waals surface area contributed by atoms with E-state index in [1.165, 1.54) is 31.4 Å². The van der Waals surface area contributed by atoms with E-state index in [2.05, 4.69) is 5.32 Å². The van der Waals surface area contributed by atoms with Crippen LogP contribution in [-0.2, 0) is 9.59 Å². The fourth-order valence-electron chi connectivity index (χ4n) is 2.78. The summed E-state index contributed by atoms with van der Waals surface area (Å²) in [7, 11) is 1.47. The summed E-state index contributed by atoms with van der Waals surface area (Å²) in [6, 6.07) is 9.21. The highest BCUT2D eigenvalue weighted by atomic mass is 19.1. The third kappa shape index (κ3) is 4.11. The van der Waals surface area contributed by atoms with Crippen molar-refractivity contribution in [1.29, 1.82) is 0 Å². The lowest BCUT2D eigenvalue weighted by atomic mass is 10.1. The van der Waals surface area contributed by atoms with E-state index >= 15 is 0 Å². The second-order valence-electron chi connectivity index (χ2n) is 6.17. The molecule has 1 saturated heterocycles. The Hall–Kier alpha value is -3.68. The van der Waals surface area contributed by atoms with Crippen LogP contribution >= 0.6 is 0 Å². The molecule has 29 heavy (non-hydrogen) atoms. The van der Waals surface area contributed by atoms with Crippen molar-refractivity contribution in [2.45, 2.75) is 13.3 Å². The van der Waals surface area contributed by atoms with Crippen LogP contribution in [-0.4, -0.2) is 31.6 Å². The third-order valence-electron chi connectivity index (χ3n) is 4.16. The van der Waals surface area contributed by atoms with Crippen LogP contribution in [0.4, 0.5) is 14.9 Å². The number of imide groups is 2. The second-order valence-corrected chi connectivity index (χ2v) is 6.17. The number of urea groups is 1. The van der Waals surface area contributed by atoms with Gasteiger partial charge >= 0.3 is 6.03 Å². The zero-order valence-corrected chi connectivity index (χ0v) is 15.9. The highest BCUT2D eigenvalue weighted by Gasteiger charge is 2.37. The molecule has 1 fully saturated rings. The zero-order valence-electron chi connectivity index (χ0n) is 15.9. The molecule has 8 heteroatoms. The number of hydrogen-bond donors (Lipinski definition) is 1. The molecule has 150 valence electrons. The molecule has 7 nitrogen and oxygen atoms in total. The summed E-state index contributed by atoms with van der Waals surface area (Å²) in [6.07, 6.45) is 2.13. The number of rotatable bonds is 6. The molecule has 0 radical (unpaired) electrons. The molecule has 0 aromatic heterocycles. The Labute approximate surface area is 166 Å².